The van der Waals surface area contributed by atoms with Gasteiger partial charge in [0.2, 0.25) is 0 Å². The van der Waals surface area contributed by atoms with Gasteiger partial charge in [-0.2, -0.15) is 0 Å². The van der Waals surface area contributed by atoms with Crippen LogP contribution in [0.1, 0.15) is 20.8 Å². The highest BCUT2D eigenvalue weighted by molar-refractivity contribution is 6.50. The van der Waals surface area contributed by atoms with Gasteiger partial charge in [0.25, 0.3) is 0 Å². The highest BCUT2D eigenvalue weighted by atomic mass is 19.5. The second-order valence-corrected chi connectivity index (χ2v) is 3.20. The second kappa shape index (κ2) is 8.97. The molecule has 7 heteroatoms. The van der Waals surface area contributed by atoms with E-state index in [4.69, 9.17) is 4.74 Å². The molecule has 1 N–H and O–H groups in total. The van der Waals surface area contributed by atoms with Crippen LogP contribution in [0.2, 0.25) is 0 Å². The average molecular weight is 233 g/mol. The van der Waals surface area contributed by atoms with Crippen molar-refractivity contribution in [1.29, 1.82) is 0 Å². The van der Waals surface area contributed by atoms with Crippen molar-refractivity contribution in [2.75, 3.05) is 26.7 Å². The molecule has 0 aromatic heterocycles. The van der Waals surface area contributed by atoms with E-state index in [1.165, 1.54) is 13.1 Å². The van der Waals surface area contributed by atoms with Gasteiger partial charge in [-0.25, -0.2) is 0 Å². The van der Waals surface area contributed by atoms with Crippen LogP contribution in [-0.2, 0) is 4.74 Å². The first-order valence-corrected chi connectivity index (χ1v) is 4.98. The number of halogens is 4. The predicted molar refractivity (Wildman–Crippen MR) is 53.6 cm³/mol. The fourth-order valence-electron chi connectivity index (χ4n) is 1.03. The van der Waals surface area contributed by atoms with Gasteiger partial charge in [-0.05, 0) is 20.8 Å². The van der Waals surface area contributed by atoms with Crippen molar-refractivity contribution in [3.05, 3.63) is 0 Å². The Balaban J connectivity index is 0. The molecule has 0 aromatic rings. The van der Waals surface area contributed by atoms with Crippen LogP contribution in [0.15, 0.2) is 0 Å². The van der Waals surface area contributed by atoms with E-state index in [1.807, 2.05) is 0 Å². The van der Waals surface area contributed by atoms with Crippen molar-refractivity contribution in [2.24, 2.45) is 0 Å². The summed E-state index contributed by atoms with van der Waals surface area (Å²) >= 11 is 0. The SMILES string of the molecule is CC[NH+](CC)CC(C)OC.F[B-](F)(F)F. The van der Waals surface area contributed by atoms with Gasteiger partial charge in [0.1, 0.15) is 12.6 Å². The summed E-state index contributed by atoms with van der Waals surface area (Å²) in [5, 5.41) is 0. The highest BCUT2D eigenvalue weighted by Crippen LogP contribution is 2.06. The van der Waals surface area contributed by atoms with E-state index in [0.717, 1.165) is 6.54 Å². The summed E-state index contributed by atoms with van der Waals surface area (Å²) in [7, 11) is -4.23. The molecule has 0 aliphatic heterocycles. The van der Waals surface area contributed by atoms with Gasteiger partial charge in [0, 0.05) is 7.11 Å². The lowest BCUT2D eigenvalue weighted by atomic mass is 10.3. The number of nitrogens with one attached hydrogen (secondary N) is 1. The number of quaternary nitrogens is 1. The molecule has 0 amide bonds. The van der Waals surface area contributed by atoms with E-state index in [9.17, 15) is 17.3 Å². The van der Waals surface area contributed by atoms with E-state index in [0.29, 0.717) is 6.10 Å². The van der Waals surface area contributed by atoms with E-state index in [1.54, 1.807) is 12.0 Å². The molecule has 0 radical (unpaired) electrons. The summed E-state index contributed by atoms with van der Waals surface area (Å²) < 4.78 is 44.2. The summed E-state index contributed by atoms with van der Waals surface area (Å²) in [4.78, 5) is 1.61. The lowest BCUT2D eigenvalue weighted by Gasteiger charge is -2.18. The highest BCUT2D eigenvalue weighted by Gasteiger charge is 2.20. The van der Waals surface area contributed by atoms with Crippen LogP contribution in [0.4, 0.5) is 17.3 Å². The maximum absolute atomic E-state index is 9.75. The maximum atomic E-state index is 9.75. The van der Waals surface area contributed by atoms with Crippen LogP contribution < -0.4 is 4.90 Å². The molecule has 1 atom stereocenters. The fraction of sp³-hybridized carbons (Fsp3) is 1.00. The van der Waals surface area contributed by atoms with Crippen LogP contribution in [0.25, 0.3) is 0 Å². The standard InChI is InChI=1S/C8H19NO.BF4/c1-5-9(6-2)7-8(3)10-4;2-1(3,4)5/h8H,5-7H2,1-4H3;/q;-1/p+1. The molecule has 0 aromatic carbocycles. The van der Waals surface area contributed by atoms with Crippen LogP contribution in [0.3, 0.4) is 0 Å². The molecule has 0 spiro atoms. The molecule has 2 nitrogen and oxygen atoms in total. The quantitative estimate of drug-likeness (QED) is 0.557. The summed E-state index contributed by atoms with van der Waals surface area (Å²) in [6, 6.07) is 0. The monoisotopic (exact) mass is 233 g/mol. The van der Waals surface area contributed by atoms with Crippen LogP contribution in [0.5, 0.6) is 0 Å². The van der Waals surface area contributed by atoms with Gasteiger partial charge < -0.3 is 26.9 Å². The Morgan fingerprint density at radius 1 is 1.13 bits per heavy atom. The fourth-order valence-corrected chi connectivity index (χ4v) is 1.03. The first kappa shape index (κ1) is 17.1. The largest absolute Gasteiger partial charge is 0.673 e. The van der Waals surface area contributed by atoms with E-state index >= 15 is 0 Å². The number of hydrogen-bond donors (Lipinski definition) is 1. The zero-order chi connectivity index (χ0) is 12.5. The maximum Gasteiger partial charge on any atom is 0.673 e. The Kier molecular flexibility index (Phi) is 10.2. The van der Waals surface area contributed by atoms with Crippen molar-refractivity contribution >= 4 is 7.25 Å². The first-order valence-electron chi connectivity index (χ1n) is 4.98. The number of methoxy groups -OCH3 is 1. The van der Waals surface area contributed by atoms with Crippen molar-refractivity contribution < 1.29 is 26.9 Å². The molecule has 0 aliphatic rings. The Labute approximate surface area is 88.7 Å². The minimum absolute atomic E-state index is 0.398. The van der Waals surface area contributed by atoms with Gasteiger partial charge in [-0.15, -0.1) is 0 Å². The molecular formula is C8H20BF4NO. The lowest BCUT2D eigenvalue weighted by Crippen LogP contribution is -3.12. The third-order valence-corrected chi connectivity index (χ3v) is 1.98. The number of rotatable bonds is 5. The molecule has 0 bridgehead atoms. The summed E-state index contributed by atoms with van der Waals surface area (Å²) in [5.74, 6) is 0. The molecule has 0 rings (SSSR count). The van der Waals surface area contributed by atoms with Gasteiger partial charge in [0.05, 0.1) is 13.1 Å². The molecule has 0 saturated heterocycles. The number of hydrogen-bond acceptors (Lipinski definition) is 1. The lowest BCUT2D eigenvalue weighted by molar-refractivity contribution is -0.899. The van der Waals surface area contributed by atoms with E-state index in [2.05, 4.69) is 20.8 Å². The summed E-state index contributed by atoms with van der Waals surface area (Å²) in [6.07, 6.45) is 0.398. The average Bonchev–Trinajstić information content (AvgIpc) is 2.11. The molecule has 0 heterocycles. The zero-order valence-corrected chi connectivity index (χ0v) is 9.70. The normalized spacial score (nSPS) is 13.4. The van der Waals surface area contributed by atoms with Crippen LogP contribution in [0, 0.1) is 0 Å². The minimum Gasteiger partial charge on any atom is -0.418 e. The second-order valence-electron chi connectivity index (χ2n) is 3.20. The Morgan fingerprint density at radius 2 is 1.47 bits per heavy atom. The Bertz CT molecular complexity index is 135. The molecule has 0 saturated carbocycles. The van der Waals surface area contributed by atoms with Crippen LogP contribution in [-0.4, -0.2) is 40.1 Å². The molecule has 0 fully saturated rings. The van der Waals surface area contributed by atoms with Crippen molar-refractivity contribution in [1.82, 2.24) is 0 Å². The predicted octanol–water partition coefficient (Wildman–Crippen LogP) is 1.25. The van der Waals surface area contributed by atoms with Crippen LogP contribution >= 0.6 is 0 Å². The van der Waals surface area contributed by atoms with Gasteiger partial charge >= 0.3 is 7.25 Å². The molecule has 94 valence electrons. The van der Waals surface area contributed by atoms with E-state index < -0.39 is 7.25 Å². The summed E-state index contributed by atoms with van der Waals surface area (Å²) in [6.45, 7) is 10.1. The van der Waals surface area contributed by atoms with Crippen molar-refractivity contribution in [3.8, 4) is 0 Å². The molecular weight excluding hydrogens is 213 g/mol. The topological polar surface area (TPSA) is 13.7 Å². The molecule has 15 heavy (non-hydrogen) atoms. The zero-order valence-electron chi connectivity index (χ0n) is 9.70. The molecule has 0 aliphatic carbocycles. The van der Waals surface area contributed by atoms with E-state index in [-0.39, 0.29) is 0 Å². The smallest absolute Gasteiger partial charge is 0.418 e. The van der Waals surface area contributed by atoms with Gasteiger partial charge in [0.15, 0.2) is 0 Å². The Morgan fingerprint density at radius 3 is 1.67 bits per heavy atom. The van der Waals surface area contributed by atoms with Crippen molar-refractivity contribution in [2.45, 2.75) is 26.9 Å². The van der Waals surface area contributed by atoms with Crippen molar-refractivity contribution in [3.63, 3.8) is 0 Å². The summed E-state index contributed by atoms with van der Waals surface area (Å²) in [5.41, 5.74) is 0. The first-order chi connectivity index (χ1) is 6.74. The Hall–Kier alpha value is -0.295. The van der Waals surface area contributed by atoms with Gasteiger partial charge in [-0.3, -0.25) is 0 Å². The number of ether oxygens (including phenoxy) is 1. The van der Waals surface area contributed by atoms with Gasteiger partial charge in [-0.1, -0.05) is 0 Å². The third kappa shape index (κ3) is 19.9. The molecule has 1 unspecified atom stereocenters. The number of likely N-dealkylation sites (N-methyl/N-ethyl adjacent to an activating group) is 1. The minimum atomic E-state index is -6.00. The third-order valence-electron chi connectivity index (χ3n) is 1.98.